The van der Waals surface area contributed by atoms with Gasteiger partial charge in [-0.25, -0.2) is 4.79 Å². The summed E-state index contributed by atoms with van der Waals surface area (Å²) in [7, 11) is 0. The maximum atomic E-state index is 12.1. The Balaban J connectivity index is 2.01. The zero-order valence-corrected chi connectivity index (χ0v) is 12.2. The lowest BCUT2D eigenvalue weighted by molar-refractivity contribution is 0.172. The van der Waals surface area contributed by atoms with Crippen molar-refractivity contribution in [3.8, 4) is 0 Å². The van der Waals surface area contributed by atoms with Crippen molar-refractivity contribution in [2.24, 2.45) is 11.7 Å². The normalized spacial score (nSPS) is 23.3. The van der Waals surface area contributed by atoms with Gasteiger partial charge in [-0.05, 0) is 30.5 Å². The number of nitrogens with one attached hydrogen (secondary N) is 1. The maximum Gasteiger partial charge on any atom is 0.321 e. The SMILES string of the molecule is CC1CN(C(=O)Nc2cc(Cl)cc(Cl)c2)CCC1N. The van der Waals surface area contributed by atoms with Crippen molar-refractivity contribution in [1.82, 2.24) is 4.90 Å². The number of benzene rings is 1. The minimum Gasteiger partial charge on any atom is -0.327 e. The van der Waals surface area contributed by atoms with Gasteiger partial charge in [-0.3, -0.25) is 0 Å². The molecule has 6 heteroatoms. The van der Waals surface area contributed by atoms with Crippen LogP contribution in [-0.4, -0.2) is 30.1 Å². The molecule has 2 rings (SSSR count). The summed E-state index contributed by atoms with van der Waals surface area (Å²) in [5.74, 6) is 0.308. The van der Waals surface area contributed by atoms with Gasteiger partial charge in [-0.1, -0.05) is 30.1 Å². The van der Waals surface area contributed by atoms with Crippen LogP contribution in [0.5, 0.6) is 0 Å². The number of hydrogen-bond acceptors (Lipinski definition) is 2. The first kappa shape index (κ1) is 14.4. The first-order valence-electron chi connectivity index (χ1n) is 6.23. The Morgan fingerprint density at radius 3 is 2.58 bits per heavy atom. The molecule has 2 unspecified atom stereocenters. The van der Waals surface area contributed by atoms with Crippen molar-refractivity contribution >= 4 is 34.9 Å². The molecule has 2 atom stereocenters. The second-order valence-corrected chi connectivity index (χ2v) is 5.84. The summed E-state index contributed by atoms with van der Waals surface area (Å²) in [6.45, 7) is 3.40. The van der Waals surface area contributed by atoms with Gasteiger partial charge in [-0.2, -0.15) is 0 Å². The van der Waals surface area contributed by atoms with E-state index >= 15 is 0 Å². The highest BCUT2D eigenvalue weighted by Crippen LogP contribution is 2.23. The fourth-order valence-corrected chi connectivity index (χ4v) is 2.70. The fraction of sp³-hybridized carbons (Fsp3) is 0.462. The lowest BCUT2D eigenvalue weighted by atomic mass is 9.95. The zero-order valence-electron chi connectivity index (χ0n) is 10.7. The van der Waals surface area contributed by atoms with E-state index in [9.17, 15) is 4.79 Å². The number of rotatable bonds is 1. The van der Waals surface area contributed by atoms with Gasteiger partial charge in [0.15, 0.2) is 0 Å². The molecule has 1 saturated heterocycles. The van der Waals surface area contributed by atoms with E-state index in [4.69, 9.17) is 28.9 Å². The minimum absolute atomic E-state index is 0.142. The van der Waals surface area contributed by atoms with Crippen LogP contribution >= 0.6 is 23.2 Å². The Hall–Kier alpha value is -0.970. The van der Waals surface area contributed by atoms with Crippen LogP contribution in [0.1, 0.15) is 13.3 Å². The fourth-order valence-electron chi connectivity index (χ4n) is 2.18. The predicted octanol–water partition coefficient (Wildman–Crippen LogP) is 3.19. The summed E-state index contributed by atoms with van der Waals surface area (Å²) < 4.78 is 0. The van der Waals surface area contributed by atoms with Crippen molar-refractivity contribution in [2.75, 3.05) is 18.4 Å². The minimum atomic E-state index is -0.142. The maximum absolute atomic E-state index is 12.1. The Morgan fingerprint density at radius 1 is 1.37 bits per heavy atom. The molecule has 0 spiro atoms. The van der Waals surface area contributed by atoms with E-state index in [2.05, 4.69) is 12.2 Å². The molecule has 0 saturated carbocycles. The van der Waals surface area contributed by atoms with Crippen molar-refractivity contribution < 1.29 is 4.79 Å². The molecule has 2 amide bonds. The Morgan fingerprint density at radius 2 is 2.00 bits per heavy atom. The van der Waals surface area contributed by atoms with Gasteiger partial charge in [0.05, 0.1) is 0 Å². The number of nitrogens with zero attached hydrogens (tertiary/aromatic N) is 1. The monoisotopic (exact) mass is 301 g/mol. The molecule has 1 heterocycles. The largest absolute Gasteiger partial charge is 0.327 e. The third-order valence-electron chi connectivity index (χ3n) is 3.37. The number of halogens is 2. The molecule has 0 bridgehead atoms. The van der Waals surface area contributed by atoms with E-state index in [0.29, 0.717) is 34.7 Å². The number of likely N-dealkylation sites (tertiary alicyclic amines) is 1. The average Bonchev–Trinajstić information content (AvgIpc) is 2.31. The van der Waals surface area contributed by atoms with Crippen molar-refractivity contribution in [2.45, 2.75) is 19.4 Å². The first-order valence-corrected chi connectivity index (χ1v) is 6.99. The molecule has 0 aliphatic carbocycles. The highest BCUT2D eigenvalue weighted by Gasteiger charge is 2.26. The molecular formula is C13H17Cl2N3O. The molecule has 0 radical (unpaired) electrons. The number of amides is 2. The summed E-state index contributed by atoms with van der Waals surface area (Å²) in [5, 5.41) is 3.80. The van der Waals surface area contributed by atoms with Gasteiger partial charge < -0.3 is 16.0 Å². The van der Waals surface area contributed by atoms with E-state index in [-0.39, 0.29) is 12.1 Å². The number of piperidine rings is 1. The number of nitrogens with two attached hydrogens (primary N) is 1. The van der Waals surface area contributed by atoms with Gasteiger partial charge in [0.25, 0.3) is 0 Å². The first-order chi connectivity index (χ1) is 8.95. The van der Waals surface area contributed by atoms with E-state index in [1.54, 1.807) is 23.1 Å². The highest BCUT2D eigenvalue weighted by molar-refractivity contribution is 6.35. The van der Waals surface area contributed by atoms with Crippen LogP contribution in [-0.2, 0) is 0 Å². The molecule has 104 valence electrons. The topological polar surface area (TPSA) is 58.4 Å². The van der Waals surface area contributed by atoms with Crippen LogP contribution in [0.3, 0.4) is 0 Å². The number of hydrogen-bond donors (Lipinski definition) is 2. The standard InChI is InChI=1S/C13H17Cl2N3O/c1-8-7-18(3-2-12(8)16)13(19)17-11-5-9(14)4-10(15)6-11/h4-6,8,12H,2-3,7,16H2,1H3,(H,17,19). The lowest BCUT2D eigenvalue weighted by Crippen LogP contribution is -2.49. The summed E-state index contributed by atoms with van der Waals surface area (Å²) in [6, 6.07) is 5.00. The predicted molar refractivity (Wildman–Crippen MR) is 78.8 cm³/mol. The highest BCUT2D eigenvalue weighted by atomic mass is 35.5. The Labute approximate surface area is 122 Å². The summed E-state index contributed by atoms with van der Waals surface area (Å²) in [5.41, 5.74) is 6.54. The summed E-state index contributed by atoms with van der Waals surface area (Å²) in [4.78, 5) is 13.9. The van der Waals surface area contributed by atoms with Gasteiger partial charge in [0.2, 0.25) is 0 Å². The molecule has 1 aromatic carbocycles. The third kappa shape index (κ3) is 3.75. The van der Waals surface area contributed by atoms with Crippen LogP contribution in [0.4, 0.5) is 10.5 Å². The van der Waals surface area contributed by atoms with Gasteiger partial charge >= 0.3 is 6.03 Å². The molecule has 4 nitrogen and oxygen atoms in total. The van der Waals surface area contributed by atoms with Gasteiger partial charge in [0, 0.05) is 34.9 Å². The second kappa shape index (κ2) is 5.99. The zero-order chi connectivity index (χ0) is 14.0. The molecule has 3 N–H and O–H groups in total. The van der Waals surface area contributed by atoms with Crippen LogP contribution < -0.4 is 11.1 Å². The summed E-state index contributed by atoms with van der Waals surface area (Å²) in [6.07, 6.45) is 0.824. The smallest absolute Gasteiger partial charge is 0.321 e. The number of carbonyl (C=O) groups excluding carboxylic acids is 1. The molecule has 1 aromatic rings. The van der Waals surface area contributed by atoms with E-state index in [0.717, 1.165) is 6.42 Å². The van der Waals surface area contributed by atoms with Crippen LogP contribution in [0.15, 0.2) is 18.2 Å². The van der Waals surface area contributed by atoms with Crippen LogP contribution in [0.2, 0.25) is 10.0 Å². The molecule has 1 aliphatic rings. The lowest BCUT2D eigenvalue weighted by Gasteiger charge is -2.35. The second-order valence-electron chi connectivity index (χ2n) is 4.96. The Kier molecular flexibility index (Phi) is 4.55. The Bertz CT molecular complexity index is 461. The molecular weight excluding hydrogens is 285 g/mol. The van der Waals surface area contributed by atoms with Crippen molar-refractivity contribution in [3.05, 3.63) is 28.2 Å². The number of carbonyl (C=O) groups is 1. The molecule has 1 fully saturated rings. The van der Waals surface area contributed by atoms with E-state index in [1.165, 1.54) is 0 Å². The van der Waals surface area contributed by atoms with Crippen molar-refractivity contribution in [3.63, 3.8) is 0 Å². The summed E-state index contributed by atoms with van der Waals surface area (Å²) >= 11 is 11.8. The molecule has 19 heavy (non-hydrogen) atoms. The van der Waals surface area contributed by atoms with Crippen LogP contribution in [0.25, 0.3) is 0 Å². The van der Waals surface area contributed by atoms with Crippen molar-refractivity contribution in [1.29, 1.82) is 0 Å². The van der Waals surface area contributed by atoms with Gasteiger partial charge in [0.1, 0.15) is 0 Å². The molecule has 0 aromatic heterocycles. The number of urea groups is 1. The van der Waals surface area contributed by atoms with E-state index in [1.807, 2.05) is 0 Å². The van der Waals surface area contributed by atoms with Crippen LogP contribution in [0, 0.1) is 5.92 Å². The number of anilines is 1. The quantitative estimate of drug-likeness (QED) is 0.837. The van der Waals surface area contributed by atoms with Gasteiger partial charge in [-0.15, -0.1) is 0 Å². The van der Waals surface area contributed by atoms with E-state index < -0.39 is 0 Å². The average molecular weight is 302 g/mol. The molecule has 1 aliphatic heterocycles. The third-order valence-corrected chi connectivity index (χ3v) is 3.81.